The van der Waals surface area contributed by atoms with Gasteiger partial charge in [-0.1, -0.05) is 23.7 Å². The van der Waals surface area contributed by atoms with E-state index in [2.05, 4.69) is 5.32 Å². The summed E-state index contributed by atoms with van der Waals surface area (Å²) in [5.41, 5.74) is 1.22. The lowest BCUT2D eigenvalue weighted by atomic mass is 10.3. The number of nitrogens with one attached hydrogen (secondary N) is 1. The summed E-state index contributed by atoms with van der Waals surface area (Å²) >= 11 is 5.91. The zero-order chi connectivity index (χ0) is 22.0. The minimum Gasteiger partial charge on any atom is -0.495 e. The summed E-state index contributed by atoms with van der Waals surface area (Å²) in [5, 5.41) is 3.40. The number of hydrogen-bond donors (Lipinski definition) is 1. The summed E-state index contributed by atoms with van der Waals surface area (Å²) in [5.74, 6) is 0.0978. The van der Waals surface area contributed by atoms with Crippen LogP contribution in [0.4, 0.5) is 16.2 Å². The monoisotopic (exact) mass is 442 g/mol. The Morgan fingerprint density at radius 3 is 2.55 bits per heavy atom. The number of benzene rings is 2. The first-order valence-corrected chi connectivity index (χ1v) is 10.4. The SMILES string of the molecule is COc1ccccc1NC(=O)N(CC(=O)N1CC(=O)N(c2ccc(Cl)cc2)C1)C1CC1. The lowest BCUT2D eigenvalue weighted by Gasteiger charge is -2.25. The molecule has 2 aromatic rings. The number of carbonyl (C=O) groups excluding carboxylic acids is 3. The largest absolute Gasteiger partial charge is 0.495 e. The number of ether oxygens (including phenoxy) is 1. The minimum atomic E-state index is -0.361. The lowest BCUT2D eigenvalue weighted by Crippen LogP contribution is -2.45. The van der Waals surface area contributed by atoms with Crippen molar-refractivity contribution in [3.63, 3.8) is 0 Å². The molecular weight excluding hydrogens is 420 g/mol. The summed E-state index contributed by atoms with van der Waals surface area (Å²) in [6, 6.07) is 13.6. The number of hydrogen-bond acceptors (Lipinski definition) is 4. The zero-order valence-electron chi connectivity index (χ0n) is 17.1. The highest BCUT2D eigenvalue weighted by Gasteiger charge is 2.38. The molecule has 0 bridgehead atoms. The molecule has 0 spiro atoms. The van der Waals surface area contributed by atoms with Crippen LogP contribution in [-0.4, -0.2) is 60.6 Å². The van der Waals surface area contributed by atoms with Crippen LogP contribution in [0.5, 0.6) is 5.75 Å². The first-order chi connectivity index (χ1) is 15.0. The minimum absolute atomic E-state index is 0.0179. The first-order valence-electron chi connectivity index (χ1n) is 10.0. The van der Waals surface area contributed by atoms with E-state index in [0.717, 1.165) is 12.8 Å². The molecule has 1 aliphatic heterocycles. The molecule has 9 heteroatoms. The normalized spacial score (nSPS) is 15.7. The van der Waals surface area contributed by atoms with Gasteiger partial charge in [-0.25, -0.2) is 4.79 Å². The molecule has 0 radical (unpaired) electrons. The molecule has 4 rings (SSSR count). The van der Waals surface area contributed by atoms with Crippen LogP contribution in [0.1, 0.15) is 12.8 Å². The number of halogens is 1. The predicted molar refractivity (Wildman–Crippen MR) is 117 cm³/mol. The van der Waals surface area contributed by atoms with Crippen molar-refractivity contribution in [2.75, 3.05) is 37.1 Å². The maximum Gasteiger partial charge on any atom is 0.322 e. The molecule has 1 aliphatic carbocycles. The topological polar surface area (TPSA) is 82.2 Å². The molecule has 0 aromatic heterocycles. The van der Waals surface area contributed by atoms with Gasteiger partial charge >= 0.3 is 6.03 Å². The van der Waals surface area contributed by atoms with E-state index in [0.29, 0.717) is 22.1 Å². The maximum absolute atomic E-state index is 12.9. The Bertz CT molecular complexity index is 993. The highest BCUT2D eigenvalue weighted by Crippen LogP contribution is 2.30. The van der Waals surface area contributed by atoms with Crippen molar-refractivity contribution in [3.8, 4) is 5.75 Å². The van der Waals surface area contributed by atoms with Crippen LogP contribution in [0.15, 0.2) is 48.5 Å². The Kier molecular flexibility index (Phi) is 5.99. The number of urea groups is 1. The van der Waals surface area contributed by atoms with Gasteiger partial charge in [0.25, 0.3) is 0 Å². The number of anilines is 2. The van der Waals surface area contributed by atoms with Crippen LogP contribution in [-0.2, 0) is 9.59 Å². The number of methoxy groups -OCH3 is 1. The molecule has 162 valence electrons. The van der Waals surface area contributed by atoms with Crippen LogP contribution in [0.2, 0.25) is 5.02 Å². The molecule has 0 atom stereocenters. The average molecular weight is 443 g/mol. The smallest absolute Gasteiger partial charge is 0.322 e. The van der Waals surface area contributed by atoms with E-state index in [-0.39, 0.29) is 43.6 Å². The molecule has 2 aromatic carbocycles. The average Bonchev–Trinajstić information content (AvgIpc) is 3.53. The lowest BCUT2D eigenvalue weighted by molar-refractivity contribution is -0.132. The predicted octanol–water partition coefficient (Wildman–Crippen LogP) is 3.18. The summed E-state index contributed by atoms with van der Waals surface area (Å²) in [6.45, 7) is 0.0351. The zero-order valence-corrected chi connectivity index (χ0v) is 17.8. The quantitative estimate of drug-likeness (QED) is 0.744. The van der Waals surface area contributed by atoms with Crippen molar-refractivity contribution < 1.29 is 19.1 Å². The summed E-state index contributed by atoms with van der Waals surface area (Å²) in [4.78, 5) is 42.8. The second kappa shape index (κ2) is 8.85. The second-order valence-electron chi connectivity index (χ2n) is 7.52. The molecule has 0 unspecified atom stereocenters. The molecule has 31 heavy (non-hydrogen) atoms. The summed E-state index contributed by atoms with van der Waals surface area (Å²) in [7, 11) is 1.53. The van der Waals surface area contributed by atoms with Gasteiger partial charge in [0.2, 0.25) is 11.8 Å². The highest BCUT2D eigenvalue weighted by atomic mass is 35.5. The third kappa shape index (κ3) is 4.74. The molecule has 1 N–H and O–H groups in total. The van der Waals surface area contributed by atoms with E-state index in [1.54, 1.807) is 42.5 Å². The number of para-hydroxylation sites is 2. The van der Waals surface area contributed by atoms with E-state index in [4.69, 9.17) is 16.3 Å². The molecule has 8 nitrogen and oxygen atoms in total. The van der Waals surface area contributed by atoms with Gasteiger partial charge in [-0.3, -0.25) is 14.5 Å². The van der Waals surface area contributed by atoms with Gasteiger partial charge in [-0.2, -0.15) is 0 Å². The van der Waals surface area contributed by atoms with Gasteiger partial charge in [0, 0.05) is 16.8 Å². The fourth-order valence-electron chi connectivity index (χ4n) is 3.50. The molecule has 1 heterocycles. The maximum atomic E-state index is 12.9. The van der Waals surface area contributed by atoms with Gasteiger partial charge in [0.1, 0.15) is 25.5 Å². The van der Waals surface area contributed by atoms with Crippen LogP contribution >= 0.6 is 11.6 Å². The standard InChI is InChI=1S/C22H23ClN4O4/c1-31-19-5-3-2-4-18(19)24-22(30)26(16-10-11-16)13-20(28)25-12-21(29)27(14-25)17-8-6-15(23)7-9-17/h2-9,16H,10-14H2,1H3,(H,24,30). The summed E-state index contributed by atoms with van der Waals surface area (Å²) in [6.07, 6.45) is 1.70. The van der Waals surface area contributed by atoms with Crippen LogP contribution in [0.25, 0.3) is 0 Å². The van der Waals surface area contributed by atoms with Crippen molar-refractivity contribution in [2.24, 2.45) is 0 Å². The molecule has 1 saturated heterocycles. The van der Waals surface area contributed by atoms with E-state index >= 15 is 0 Å². The van der Waals surface area contributed by atoms with Crippen molar-refractivity contribution in [2.45, 2.75) is 18.9 Å². The molecule has 4 amide bonds. The van der Waals surface area contributed by atoms with Crippen molar-refractivity contribution in [1.82, 2.24) is 9.80 Å². The van der Waals surface area contributed by atoms with Crippen LogP contribution < -0.4 is 15.0 Å². The number of nitrogens with zero attached hydrogens (tertiary/aromatic N) is 3. The van der Waals surface area contributed by atoms with Crippen molar-refractivity contribution >= 4 is 40.8 Å². The Balaban J connectivity index is 1.41. The Hall–Kier alpha value is -3.26. The van der Waals surface area contributed by atoms with Gasteiger partial charge in [0.15, 0.2) is 0 Å². The van der Waals surface area contributed by atoms with E-state index in [9.17, 15) is 14.4 Å². The summed E-state index contributed by atoms with van der Waals surface area (Å²) < 4.78 is 5.28. The fourth-order valence-corrected chi connectivity index (χ4v) is 3.62. The first kappa shape index (κ1) is 21.0. The fraction of sp³-hybridized carbons (Fsp3) is 0.318. The van der Waals surface area contributed by atoms with Crippen LogP contribution in [0, 0.1) is 0 Å². The third-order valence-corrected chi connectivity index (χ3v) is 5.58. The number of rotatable bonds is 6. The number of carbonyl (C=O) groups is 3. The van der Waals surface area contributed by atoms with E-state index in [1.807, 2.05) is 6.07 Å². The van der Waals surface area contributed by atoms with Crippen LogP contribution in [0.3, 0.4) is 0 Å². The van der Waals surface area contributed by atoms with Crippen molar-refractivity contribution in [3.05, 3.63) is 53.6 Å². The third-order valence-electron chi connectivity index (χ3n) is 5.33. The van der Waals surface area contributed by atoms with E-state index in [1.165, 1.54) is 21.8 Å². The van der Waals surface area contributed by atoms with Gasteiger partial charge in [-0.15, -0.1) is 0 Å². The molecule has 2 aliphatic rings. The Morgan fingerprint density at radius 2 is 1.87 bits per heavy atom. The highest BCUT2D eigenvalue weighted by molar-refractivity contribution is 6.30. The molecule has 1 saturated carbocycles. The van der Waals surface area contributed by atoms with E-state index < -0.39 is 0 Å². The van der Waals surface area contributed by atoms with Crippen molar-refractivity contribution in [1.29, 1.82) is 0 Å². The van der Waals surface area contributed by atoms with Gasteiger partial charge < -0.3 is 19.9 Å². The van der Waals surface area contributed by atoms with Gasteiger partial charge in [0.05, 0.1) is 12.8 Å². The Labute approximate surface area is 185 Å². The Morgan fingerprint density at radius 1 is 1.16 bits per heavy atom. The second-order valence-corrected chi connectivity index (χ2v) is 7.96. The molecular formula is C22H23ClN4O4. The number of amides is 4. The molecule has 2 fully saturated rings. The van der Waals surface area contributed by atoms with Gasteiger partial charge in [-0.05, 0) is 49.2 Å².